The maximum Gasteiger partial charge on any atom is 0.333 e. The van der Waals surface area contributed by atoms with Crippen LogP contribution >= 0.6 is 0 Å². The number of carbonyl (C=O) groups excluding carboxylic acids is 2. The average molecular weight is 321 g/mol. The number of ketones is 1. The molecule has 0 aliphatic carbocycles. The van der Waals surface area contributed by atoms with Gasteiger partial charge in [0.1, 0.15) is 0 Å². The van der Waals surface area contributed by atoms with Crippen molar-refractivity contribution in [3.63, 3.8) is 0 Å². The van der Waals surface area contributed by atoms with E-state index in [1.165, 1.54) is 13.2 Å². The van der Waals surface area contributed by atoms with Gasteiger partial charge in [-0.3, -0.25) is 4.79 Å². The Morgan fingerprint density at radius 2 is 1.71 bits per heavy atom. The van der Waals surface area contributed by atoms with Crippen molar-refractivity contribution in [3.8, 4) is 0 Å². The summed E-state index contributed by atoms with van der Waals surface area (Å²) >= 11 is 0. The van der Waals surface area contributed by atoms with Crippen LogP contribution in [0.5, 0.6) is 0 Å². The topological polar surface area (TPSA) is 46.6 Å². The summed E-state index contributed by atoms with van der Waals surface area (Å²) in [7, 11) is 1.38. The number of esters is 1. The summed E-state index contributed by atoms with van der Waals surface area (Å²) in [6.45, 7) is 0. The van der Waals surface area contributed by atoms with E-state index in [1.54, 1.807) is 6.20 Å². The lowest BCUT2D eigenvalue weighted by atomic mass is 9.93. The summed E-state index contributed by atoms with van der Waals surface area (Å²) in [5, 5.41) is 0. The van der Waals surface area contributed by atoms with E-state index >= 15 is 0 Å². The van der Waals surface area contributed by atoms with Crippen molar-refractivity contribution in [1.82, 2.24) is 4.90 Å². The fourth-order valence-corrected chi connectivity index (χ4v) is 3.05. The second-order valence-corrected chi connectivity index (χ2v) is 5.70. The number of ether oxygens (including phenoxy) is 1. The summed E-state index contributed by atoms with van der Waals surface area (Å²) in [6, 6.07) is 18.4. The number of allylic oxidation sites excluding steroid dienone is 1. The highest BCUT2D eigenvalue weighted by Gasteiger charge is 2.35. The number of methoxy groups -OCH3 is 1. The van der Waals surface area contributed by atoms with E-state index in [-0.39, 0.29) is 17.8 Å². The third-order valence-electron chi connectivity index (χ3n) is 4.21. The Kier molecular flexibility index (Phi) is 4.75. The summed E-state index contributed by atoms with van der Waals surface area (Å²) in [4.78, 5) is 26.4. The predicted octanol–water partition coefficient (Wildman–Crippen LogP) is 3.43. The zero-order valence-electron chi connectivity index (χ0n) is 13.5. The fourth-order valence-electron chi connectivity index (χ4n) is 3.05. The third-order valence-corrected chi connectivity index (χ3v) is 4.21. The van der Waals surface area contributed by atoms with Gasteiger partial charge in [-0.25, -0.2) is 4.79 Å². The van der Waals surface area contributed by atoms with Crippen LogP contribution < -0.4 is 0 Å². The monoisotopic (exact) mass is 321 g/mol. The molecule has 0 unspecified atom stereocenters. The normalized spacial score (nSPS) is 18.3. The van der Waals surface area contributed by atoms with Crippen molar-refractivity contribution in [2.45, 2.75) is 18.5 Å². The van der Waals surface area contributed by atoms with E-state index < -0.39 is 6.04 Å². The number of benzene rings is 2. The quantitative estimate of drug-likeness (QED) is 0.810. The number of hydrogen-bond acceptors (Lipinski definition) is 4. The van der Waals surface area contributed by atoms with Gasteiger partial charge < -0.3 is 9.64 Å². The van der Waals surface area contributed by atoms with E-state index in [0.29, 0.717) is 6.42 Å². The van der Waals surface area contributed by atoms with Crippen LogP contribution in [0, 0.1) is 0 Å². The molecule has 2 aromatic carbocycles. The molecule has 0 fully saturated rings. The molecule has 0 N–H and O–H groups in total. The molecule has 0 bridgehead atoms. The van der Waals surface area contributed by atoms with Crippen molar-refractivity contribution in [2.24, 2.45) is 0 Å². The lowest BCUT2D eigenvalue weighted by molar-refractivity contribution is -0.147. The SMILES string of the molecule is COC(=O)[C@H](c1ccccc1)N1C=CC(=O)C[C@@H]1c1ccccc1. The molecule has 4 nitrogen and oxygen atoms in total. The molecule has 1 aliphatic heterocycles. The minimum atomic E-state index is -0.592. The lowest BCUT2D eigenvalue weighted by Gasteiger charge is -2.38. The van der Waals surface area contributed by atoms with Crippen LogP contribution in [-0.2, 0) is 14.3 Å². The summed E-state index contributed by atoms with van der Waals surface area (Å²) in [5.41, 5.74) is 1.84. The molecule has 2 aromatic rings. The second kappa shape index (κ2) is 7.13. The maximum atomic E-state index is 12.5. The smallest absolute Gasteiger partial charge is 0.333 e. The van der Waals surface area contributed by atoms with E-state index in [1.807, 2.05) is 65.6 Å². The van der Waals surface area contributed by atoms with E-state index in [0.717, 1.165) is 11.1 Å². The molecule has 0 saturated heterocycles. The van der Waals surface area contributed by atoms with Crippen LogP contribution in [0.4, 0.5) is 0 Å². The molecule has 122 valence electrons. The highest BCUT2D eigenvalue weighted by molar-refractivity contribution is 5.91. The minimum Gasteiger partial charge on any atom is -0.467 e. The zero-order chi connectivity index (χ0) is 16.9. The van der Waals surface area contributed by atoms with Gasteiger partial charge in [0, 0.05) is 12.6 Å². The minimum absolute atomic E-state index is 0.0526. The van der Waals surface area contributed by atoms with Gasteiger partial charge in [-0.1, -0.05) is 60.7 Å². The highest BCUT2D eigenvalue weighted by Crippen LogP contribution is 2.36. The number of rotatable bonds is 4. The molecular formula is C20H19NO3. The van der Waals surface area contributed by atoms with Gasteiger partial charge in [0.15, 0.2) is 11.8 Å². The number of carbonyl (C=O) groups is 2. The maximum absolute atomic E-state index is 12.5. The molecule has 1 aliphatic rings. The Labute approximate surface area is 141 Å². The van der Waals surface area contributed by atoms with Crippen molar-refractivity contribution in [1.29, 1.82) is 0 Å². The molecule has 0 aromatic heterocycles. The lowest BCUT2D eigenvalue weighted by Crippen LogP contribution is -2.37. The number of hydrogen-bond donors (Lipinski definition) is 0. The van der Waals surface area contributed by atoms with Crippen LogP contribution in [0.25, 0.3) is 0 Å². The Balaban J connectivity index is 2.05. The first kappa shape index (κ1) is 16.0. The second-order valence-electron chi connectivity index (χ2n) is 5.70. The van der Waals surface area contributed by atoms with E-state index in [4.69, 9.17) is 4.74 Å². The molecule has 24 heavy (non-hydrogen) atoms. The molecule has 0 amide bonds. The molecule has 0 saturated carbocycles. The van der Waals surface area contributed by atoms with E-state index in [9.17, 15) is 9.59 Å². The van der Waals surface area contributed by atoms with Crippen molar-refractivity contribution in [2.75, 3.05) is 7.11 Å². The largest absolute Gasteiger partial charge is 0.467 e. The molecule has 0 radical (unpaired) electrons. The van der Waals surface area contributed by atoms with Gasteiger partial charge in [0.05, 0.1) is 13.2 Å². The first-order valence-electron chi connectivity index (χ1n) is 7.87. The van der Waals surface area contributed by atoms with Crippen LogP contribution in [0.3, 0.4) is 0 Å². The Morgan fingerprint density at radius 1 is 1.08 bits per heavy atom. The molecule has 1 heterocycles. The third kappa shape index (κ3) is 3.23. The van der Waals surface area contributed by atoms with Crippen molar-refractivity contribution < 1.29 is 14.3 Å². The average Bonchev–Trinajstić information content (AvgIpc) is 2.64. The first-order valence-corrected chi connectivity index (χ1v) is 7.87. The molecule has 3 rings (SSSR count). The van der Waals surface area contributed by atoms with E-state index in [2.05, 4.69) is 0 Å². The highest BCUT2D eigenvalue weighted by atomic mass is 16.5. The fraction of sp³-hybridized carbons (Fsp3) is 0.200. The van der Waals surface area contributed by atoms with Gasteiger partial charge in [0.25, 0.3) is 0 Å². The van der Waals surface area contributed by atoms with Gasteiger partial charge in [-0.2, -0.15) is 0 Å². The summed E-state index contributed by atoms with van der Waals surface area (Å²) in [5.74, 6) is -0.294. The van der Waals surface area contributed by atoms with Crippen LogP contribution in [-0.4, -0.2) is 23.8 Å². The summed E-state index contributed by atoms with van der Waals surface area (Å²) < 4.78 is 5.03. The summed E-state index contributed by atoms with van der Waals surface area (Å²) in [6.07, 6.45) is 3.57. The van der Waals surface area contributed by atoms with Crippen LogP contribution in [0.2, 0.25) is 0 Å². The molecule has 2 atom stereocenters. The standard InChI is InChI=1S/C20H19NO3/c1-24-20(23)19(16-10-6-3-7-11-16)21-13-12-17(22)14-18(21)15-8-4-2-5-9-15/h2-13,18-19H,14H2,1H3/t18-,19+/m1/s1. The van der Waals surface area contributed by atoms with Gasteiger partial charge >= 0.3 is 5.97 Å². The van der Waals surface area contributed by atoms with Gasteiger partial charge in [0.2, 0.25) is 0 Å². The Bertz CT molecular complexity index is 740. The Morgan fingerprint density at radius 3 is 2.33 bits per heavy atom. The first-order chi connectivity index (χ1) is 11.7. The number of nitrogens with zero attached hydrogens (tertiary/aromatic N) is 1. The van der Waals surface area contributed by atoms with Crippen molar-refractivity contribution in [3.05, 3.63) is 84.1 Å². The zero-order valence-corrected chi connectivity index (χ0v) is 13.5. The van der Waals surface area contributed by atoms with Crippen LogP contribution in [0.1, 0.15) is 29.6 Å². The molecule has 4 heteroatoms. The Hall–Kier alpha value is -2.88. The van der Waals surface area contributed by atoms with Gasteiger partial charge in [-0.15, -0.1) is 0 Å². The molecular weight excluding hydrogens is 302 g/mol. The molecule has 0 spiro atoms. The van der Waals surface area contributed by atoms with Crippen LogP contribution in [0.15, 0.2) is 72.9 Å². The van der Waals surface area contributed by atoms with Crippen molar-refractivity contribution >= 4 is 11.8 Å². The predicted molar refractivity (Wildman–Crippen MR) is 91.0 cm³/mol. The van der Waals surface area contributed by atoms with Gasteiger partial charge in [-0.05, 0) is 17.2 Å².